The van der Waals surface area contributed by atoms with E-state index in [1.807, 2.05) is 12.1 Å². The van der Waals surface area contributed by atoms with Crippen LogP contribution in [0.25, 0.3) is 0 Å². The lowest BCUT2D eigenvalue weighted by molar-refractivity contribution is 0.242. The molecule has 1 saturated heterocycles. The Labute approximate surface area is 108 Å². The van der Waals surface area contributed by atoms with Crippen molar-refractivity contribution in [2.45, 2.75) is 51.2 Å². The number of aliphatic hydroxyl groups excluding tert-OH is 1. The predicted octanol–water partition coefficient (Wildman–Crippen LogP) is 2.13. The van der Waals surface area contributed by atoms with Gasteiger partial charge < -0.3 is 10.0 Å². The molecule has 1 saturated carbocycles. The Balaban J connectivity index is 1.80. The van der Waals surface area contributed by atoms with Crippen LogP contribution in [0, 0.1) is 5.92 Å². The predicted molar refractivity (Wildman–Crippen MR) is 70.3 cm³/mol. The molecule has 4 nitrogen and oxygen atoms in total. The number of nitrogens with zero attached hydrogens (tertiary/aromatic N) is 3. The molecule has 4 heteroatoms. The summed E-state index contributed by atoms with van der Waals surface area (Å²) in [5.41, 5.74) is 0.649. The van der Waals surface area contributed by atoms with E-state index in [0.29, 0.717) is 11.7 Å². The second kappa shape index (κ2) is 5.22. The van der Waals surface area contributed by atoms with Gasteiger partial charge in [0, 0.05) is 12.6 Å². The average Bonchev–Trinajstić information content (AvgIpc) is 2.47. The molecule has 0 aromatic carbocycles. The van der Waals surface area contributed by atoms with Crippen molar-refractivity contribution < 1.29 is 5.11 Å². The second-order valence-corrected chi connectivity index (χ2v) is 5.49. The van der Waals surface area contributed by atoms with E-state index in [2.05, 4.69) is 15.1 Å². The number of hydrogen-bond acceptors (Lipinski definition) is 4. The molecule has 1 aliphatic carbocycles. The lowest BCUT2D eigenvalue weighted by Crippen LogP contribution is -2.47. The van der Waals surface area contributed by atoms with Gasteiger partial charge in [0.05, 0.1) is 12.3 Å². The van der Waals surface area contributed by atoms with Gasteiger partial charge >= 0.3 is 0 Å². The lowest BCUT2D eigenvalue weighted by atomic mass is 9.78. The van der Waals surface area contributed by atoms with Gasteiger partial charge in [-0.05, 0) is 43.7 Å². The summed E-state index contributed by atoms with van der Waals surface area (Å²) in [6.07, 6.45) is 8.06. The molecule has 0 spiro atoms. The van der Waals surface area contributed by atoms with Crippen LogP contribution in [0.3, 0.4) is 0 Å². The van der Waals surface area contributed by atoms with Gasteiger partial charge in [-0.1, -0.05) is 12.8 Å². The molecule has 0 amide bonds. The highest BCUT2D eigenvalue weighted by Crippen LogP contribution is 2.36. The van der Waals surface area contributed by atoms with E-state index in [1.165, 1.54) is 38.5 Å². The van der Waals surface area contributed by atoms with Gasteiger partial charge in [-0.3, -0.25) is 0 Å². The fraction of sp³-hybridized carbons (Fsp3) is 0.714. The number of hydrogen-bond donors (Lipinski definition) is 1. The van der Waals surface area contributed by atoms with Crippen molar-refractivity contribution in [1.82, 2.24) is 10.2 Å². The summed E-state index contributed by atoms with van der Waals surface area (Å²) in [6.45, 7) is 1.08. The first-order valence-corrected chi connectivity index (χ1v) is 7.08. The van der Waals surface area contributed by atoms with Crippen LogP contribution < -0.4 is 4.90 Å². The Bertz CT molecular complexity index is 391. The number of aromatic nitrogens is 2. The summed E-state index contributed by atoms with van der Waals surface area (Å²) in [7, 11) is 0. The first-order chi connectivity index (χ1) is 8.88. The first-order valence-electron chi connectivity index (χ1n) is 7.08. The van der Waals surface area contributed by atoms with Crippen LogP contribution in [-0.2, 0) is 6.61 Å². The van der Waals surface area contributed by atoms with Gasteiger partial charge in [0.2, 0.25) is 0 Å². The molecule has 1 aromatic heterocycles. The SMILES string of the molecule is OCc1ccc(N2CCC[C@H]3CCCC[C@H]32)nn1. The van der Waals surface area contributed by atoms with Crippen LogP contribution in [0.15, 0.2) is 12.1 Å². The maximum atomic E-state index is 9.01. The number of piperidine rings is 1. The Morgan fingerprint density at radius 2 is 1.94 bits per heavy atom. The summed E-state index contributed by atoms with van der Waals surface area (Å²) in [5, 5.41) is 17.4. The van der Waals surface area contributed by atoms with Crippen LogP contribution in [-0.4, -0.2) is 27.9 Å². The first kappa shape index (κ1) is 11.9. The van der Waals surface area contributed by atoms with Crippen LogP contribution in [0.4, 0.5) is 5.82 Å². The summed E-state index contributed by atoms with van der Waals surface area (Å²) >= 11 is 0. The zero-order valence-corrected chi connectivity index (χ0v) is 10.8. The Kier molecular flexibility index (Phi) is 3.46. The summed E-state index contributed by atoms with van der Waals surface area (Å²) in [4.78, 5) is 2.45. The molecule has 0 radical (unpaired) electrons. The molecule has 0 unspecified atom stereocenters. The number of aliphatic hydroxyl groups is 1. The zero-order chi connectivity index (χ0) is 12.4. The van der Waals surface area contributed by atoms with E-state index in [1.54, 1.807) is 0 Å². The highest BCUT2D eigenvalue weighted by Gasteiger charge is 2.33. The molecule has 18 heavy (non-hydrogen) atoms. The van der Waals surface area contributed by atoms with E-state index >= 15 is 0 Å². The van der Waals surface area contributed by atoms with Crippen molar-refractivity contribution in [3.05, 3.63) is 17.8 Å². The monoisotopic (exact) mass is 247 g/mol. The molecular formula is C14H21N3O. The van der Waals surface area contributed by atoms with Gasteiger partial charge in [0.1, 0.15) is 0 Å². The molecule has 2 atom stereocenters. The minimum absolute atomic E-state index is 0.0284. The van der Waals surface area contributed by atoms with Crippen LogP contribution >= 0.6 is 0 Å². The number of rotatable bonds is 2. The Hall–Kier alpha value is -1.16. The second-order valence-electron chi connectivity index (χ2n) is 5.49. The third kappa shape index (κ3) is 2.21. The normalized spacial score (nSPS) is 27.9. The maximum absolute atomic E-state index is 9.01. The molecule has 0 bridgehead atoms. The largest absolute Gasteiger partial charge is 0.390 e. The van der Waals surface area contributed by atoms with E-state index < -0.39 is 0 Å². The topological polar surface area (TPSA) is 49.2 Å². The Morgan fingerprint density at radius 1 is 1.11 bits per heavy atom. The molecule has 3 rings (SSSR count). The third-order valence-electron chi connectivity index (χ3n) is 4.41. The van der Waals surface area contributed by atoms with Crippen molar-refractivity contribution >= 4 is 5.82 Å². The number of fused-ring (bicyclic) bond motifs is 1. The summed E-state index contributed by atoms with van der Waals surface area (Å²) in [6, 6.07) is 4.56. The van der Waals surface area contributed by atoms with Gasteiger partial charge in [-0.2, -0.15) is 5.10 Å². The van der Waals surface area contributed by atoms with Crippen molar-refractivity contribution in [1.29, 1.82) is 0 Å². The molecule has 2 heterocycles. The highest BCUT2D eigenvalue weighted by molar-refractivity contribution is 5.40. The van der Waals surface area contributed by atoms with Gasteiger partial charge in [-0.25, -0.2) is 0 Å². The smallest absolute Gasteiger partial charge is 0.151 e. The van der Waals surface area contributed by atoms with Gasteiger partial charge in [0.25, 0.3) is 0 Å². The van der Waals surface area contributed by atoms with Crippen molar-refractivity contribution in [3.63, 3.8) is 0 Å². The van der Waals surface area contributed by atoms with Crippen LogP contribution in [0.2, 0.25) is 0 Å². The third-order valence-corrected chi connectivity index (χ3v) is 4.41. The molecule has 2 aliphatic rings. The van der Waals surface area contributed by atoms with Gasteiger partial charge in [0.15, 0.2) is 5.82 Å². The minimum Gasteiger partial charge on any atom is -0.390 e. The lowest BCUT2D eigenvalue weighted by Gasteiger charge is -2.44. The molecule has 98 valence electrons. The van der Waals surface area contributed by atoms with Crippen LogP contribution in [0.5, 0.6) is 0 Å². The molecule has 1 aromatic rings. The average molecular weight is 247 g/mol. The van der Waals surface area contributed by atoms with E-state index in [9.17, 15) is 0 Å². The maximum Gasteiger partial charge on any atom is 0.151 e. The summed E-state index contributed by atoms with van der Waals surface area (Å²) < 4.78 is 0. The van der Waals surface area contributed by atoms with Gasteiger partial charge in [-0.15, -0.1) is 5.10 Å². The molecule has 1 N–H and O–H groups in total. The molecule has 1 aliphatic heterocycles. The van der Waals surface area contributed by atoms with E-state index in [0.717, 1.165) is 18.3 Å². The molecular weight excluding hydrogens is 226 g/mol. The van der Waals surface area contributed by atoms with Crippen molar-refractivity contribution in [2.24, 2.45) is 5.92 Å². The zero-order valence-electron chi connectivity index (χ0n) is 10.8. The van der Waals surface area contributed by atoms with E-state index in [-0.39, 0.29) is 6.61 Å². The van der Waals surface area contributed by atoms with Crippen molar-refractivity contribution in [2.75, 3.05) is 11.4 Å². The molecule has 2 fully saturated rings. The fourth-order valence-corrected chi connectivity index (χ4v) is 3.50. The number of anilines is 1. The fourth-order valence-electron chi connectivity index (χ4n) is 3.50. The van der Waals surface area contributed by atoms with Crippen molar-refractivity contribution in [3.8, 4) is 0 Å². The van der Waals surface area contributed by atoms with Crippen LogP contribution in [0.1, 0.15) is 44.2 Å². The minimum atomic E-state index is -0.0284. The highest BCUT2D eigenvalue weighted by atomic mass is 16.3. The summed E-state index contributed by atoms with van der Waals surface area (Å²) in [5.74, 6) is 1.84. The quantitative estimate of drug-likeness (QED) is 0.869. The van der Waals surface area contributed by atoms with E-state index in [4.69, 9.17) is 5.11 Å². The Morgan fingerprint density at radius 3 is 2.72 bits per heavy atom. The standard InChI is InChI=1S/C14H21N3O/c18-10-12-7-8-14(16-15-12)17-9-3-5-11-4-1-2-6-13(11)17/h7-8,11,13,18H,1-6,9-10H2/t11-,13-/m1/s1.